The van der Waals surface area contributed by atoms with E-state index in [0.29, 0.717) is 6.61 Å². The maximum atomic E-state index is 11.7. The Balaban J connectivity index is 1.97. The standard InChI is InChI=1S/C10H12O5/c1-3-8(11)13-4-6-7-5-14-10(2,15-7)9(6)12/h3,6-7H,1,4-5H2,2H3. The van der Waals surface area contributed by atoms with Crippen molar-refractivity contribution in [2.75, 3.05) is 13.2 Å². The van der Waals surface area contributed by atoms with E-state index in [4.69, 9.17) is 14.2 Å². The predicted octanol–water partition coefficient (Wildman–Crippen LogP) is 0.0461. The lowest BCUT2D eigenvalue weighted by Crippen LogP contribution is -2.41. The zero-order valence-corrected chi connectivity index (χ0v) is 8.39. The molecule has 2 heterocycles. The third-order valence-corrected chi connectivity index (χ3v) is 2.70. The molecular weight excluding hydrogens is 200 g/mol. The van der Waals surface area contributed by atoms with Gasteiger partial charge in [-0.25, -0.2) is 4.79 Å². The van der Waals surface area contributed by atoms with Crippen LogP contribution in [0.1, 0.15) is 6.92 Å². The molecule has 82 valence electrons. The van der Waals surface area contributed by atoms with Gasteiger partial charge in [-0.3, -0.25) is 4.79 Å². The Labute approximate surface area is 87.0 Å². The number of ketones is 1. The highest BCUT2D eigenvalue weighted by atomic mass is 16.8. The van der Waals surface area contributed by atoms with Crippen molar-refractivity contribution in [3.05, 3.63) is 12.7 Å². The van der Waals surface area contributed by atoms with E-state index in [2.05, 4.69) is 6.58 Å². The van der Waals surface area contributed by atoms with Gasteiger partial charge in [0.1, 0.15) is 6.61 Å². The third kappa shape index (κ3) is 1.57. The second-order valence-corrected chi connectivity index (χ2v) is 3.72. The van der Waals surface area contributed by atoms with Crippen LogP contribution in [-0.2, 0) is 23.8 Å². The minimum atomic E-state index is -1.13. The molecule has 2 saturated heterocycles. The molecule has 2 bridgehead atoms. The minimum absolute atomic E-state index is 0.0350. The zero-order valence-electron chi connectivity index (χ0n) is 8.39. The van der Waals surface area contributed by atoms with Crippen molar-refractivity contribution < 1.29 is 23.8 Å². The fourth-order valence-corrected chi connectivity index (χ4v) is 1.85. The highest BCUT2D eigenvalue weighted by molar-refractivity contribution is 5.91. The number of hydrogen-bond acceptors (Lipinski definition) is 5. The molecule has 2 aliphatic rings. The van der Waals surface area contributed by atoms with E-state index in [-0.39, 0.29) is 18.5 Å². The van der Waals surface area contributed by atoms with Crippen molar-refractivity contribution in [2.45, 2.75) is 18.8 Å². The summed E-state index contributed by atoms with van der Waals surface area (Å²) in [5.41, 5.74) is 0. The molecule has 0 aromatic heterocycles. The average Bonchev–Trinajstić information content (AvgIpc) is 2.70. The Bertz CT molecular complexity index is 324. The van der Waals surface area contributed by atoms with Crippen molar-refractivity contribution in [3.63, 3.8) is 0 Å². The van der Waals surface area contributed by atoms with E-state index >= 15 is 0 Å². The fourth-order valence-electron chi connectivity index (χ4n) is 1.85. The van der Waals surface area contributed by atoms with E-state index in [9.17, 15) is 9.59 Å². The van der Waals surface area contributed by atoms with Gasteiger partial charge in [0.15, 0.2) is 0 Å². The first-order chi connectivity index (χ1) is 7.07. The van der Waals surface area contributed by atoms with Crippen LogP contribution in [0.25, 0.3) is 0 Å². The maximum Gasteiger partial charge on any atom is 0.330 e. The number of Topliss-reactive ketones (excluding diaryl/α,β-unsaturated/α-hetero) is 1. The lowest BCUT2D eigenvalue weighted by atomic mass is 9.95. The molecule has 0 radical (unpaired) electrons. The van der Waals surface area contributed by atoms with Crippen LogP contribution in [0, 0.1) is 5.92 Å². The molecule has 0 aromatic carbocycles. The molecule has 2 rings (SSSR count). The van der Waals surface area contributed by atoms with Crippen molar-refractivity contribution in [2.24, 2.45) is 5.92 Å². The smallest absolute Gasteiger partial charge is 0.330 e. The summed E-state index contributed by atoms with van der Waals surface area (Å²) < 4.78 is 15.4. The first-order valence-electron chi connectivity index (χ1n) is 4.72. The number of rotatable bonds is 3. The predicted molar refractivity (Wildman–Crippen MR) is 48.9 cm³/mol. The number of hydrogen-bond donors (Lipinski definition) is 0. The first-order valence-corrected chi connectivity index (χ1v) is 4.72. The van der Waals surface area contributed by atoms with Gasteiger partial charge in [0.25, 0.3) is 0 Å². The number of ether oxygens (including phenoxy) is 3. The molecule has 5 nitrogen and oxygen atoms in total. The SMILES string of the molecule is C=CC(=O)OCC1C(=O)C2(C)OCC1O2. The summed E-state index contributed by atoms with van der Waals surface area (Å²) in [6, 6.07) is 0. The van der Waals surface area contributed by atoms with Crippen LogP contribution in [0.15, 0.2) is 12.7 Å². The Morgan fingerprint density at radius 3 is 3.07 bits per heavy atom. The average molecular weight is 212 g/mol. The van der Waals surface area contributed by atoms with E-state index in [0.717, 1.165) is 6.08 Å². The van der Waals surface area contributed by atoms with Crippen molar-refractivity contribution in [1.82, 2.24) is 0 Å². The summed E-state index contributed by atoms with van der Waals surface area (Å²) in [6.45, 7) is 5.27. The van der Waals surface area contributed by atoms with E-state index in [1.807, 2.05) is 0 Å². The summed E-state index contributed by atoms with van der Waals surface area (Å²) in [4.78, 5) is 22.6. The highest BCUT2D eigenvalue weighted by Crippen LogP contribution is 2.39. The van der Waals surface area contributed by atoms with Gasteiger partial charge in [0.2, 0.25) is 11.6 Å². The number of fused-ring (bicyclic) bond motifs is 2. The van der Waals surface area contributed by atoms with Gasteiger partial charge in [-0.2, -0.15) is 0 Å². The van der Waals surface area contributed by atoms with Crippen LogP contribution in [0.2, 0.25) is 0 Å². The summed E-state index contributed by atoms with van der Waals surface area (Å²) in [6.07, 6.45) is 0.775. The third-order valence-electron chi connectivity index (χ3n) is 2.70. The molecule has 0 saturated carbocycles. The van der Waals surface area contributed by atoms with Gasteiger partial charge < -0.3 is 14.2 Å². The topological polar surface area (TPSA) is 61.8 Å². The second kappa shape index (κ2) is 3.43. The number of carbonyl (C=O) groups is 2. The summed E-state index contributed by atoms with van der Waals surface area (Å²) in [7, 11) is 0. The summed E-state index contributed by atoms with van der Waals surface area (Å²) in [5.74, 6) is -2.23. The quantitative estimate of drug-likeness (QED) is 0.488. The Kier molecular flexibility index (Phi) is 2.36. The molecule has 3 atom stereocenters. The van der Waals surface area contributed by atoms with E-state index < -0.39 is 17.7 Å². The lowest BCUT2D eigenvalue weighted by Gasteiger charge is -2.21. The van der Waals surface area contributed by atoms with Crippen LogP contribution in [-0.4, -0.2) is 36.9 Å². The molecule has 0 spiro atoms. The van der Waals surface area contributed by atoms with Gasteiger partial charge >= 0.3 is 5.97 Å². The number of carbonyl (C=O) groups excluding carboxylic acids is 2. The molecule has 5 heteroatoms. The Hall–Kier alpha value is -1.20. The summed E-state index contributed by atoms with van der Waals surface area (Å²) in [5, 5.41) is 0. The van der Waals surface area contributed by atoms with Crippen LogP contribution >= 0.6 is 0 Å². The molecule has 0 aliphatic carbocycles. The molecule has 15 heavy (non-hydrogen) atoms. The van der Waals surface area contributed by atoms with Crippen LogP contribution in [0.4, 0.5) is 0 Å². The van der Waals surface area contributed by atoms with Crippen molar-refractivity contribution in [1.29, 1.82) is 0 Å². The van der Waals surface area contributed by atoms with Crippen LogP contribution in [0.5, 0.6) is 0 Å². The molecule has 2 fully saturated rings. The van der Waals surface area contributed by atoms with Crippen LogP contribution < -0.4 is 0 Å². The largest absolute Gasteiger partial charge is 0.462 e. The van der Waals surface area contributed by atoms with Gasteiger partial charge in [0, 0.05) is 6.08 Å². The second-order valence-electron chi connectivity index (χ2n) is 3.72. The molecule has 3 unspecified atom stereocenters. The Morgan fingerprint density at radius 1 is 1.80 bits per heavy atom. The van der Waals surface area contributed by atoms with Gasteiger partial charge in [-0.05, 0) is 6.92 Å². The van der Waals surface area contributed by atoms with Gasteiger partial charge in [-0.15, -0.1) is 0 Å². The lowest BCUT2D eigenvalue weighted by molar-refractivity contribution is -0.165. The molecule has 0 amide bonds. The molecule has 0 aromatic rings. The zero-order chi connectivity index (χ0) is 11.1. The molecule has 2 aliphatic heterocycles. The van der Waals surface area contributed by atoms with Crippen molar-refractivity contribution >= 4 is 11.8 Å². The molecular formula is C10H12O5. The molecule has 0 N–H and O–H groups in total. The maximum absolute atomic E-state index is 11.7. The summed E-state index contributed by atoms with van der Waals surface area (Å²) >= 11 is 0. The van der Waals surface area contributed by atoms with Gasteiger partial charge in [-0.1, -0.05) is 6.58 Å². The van der Waals surface area contributed by atoms with Gasteiger partial charge in [0.05, 0.1) is 18.6 Å². The Morgan fingerprint density at radius 2 is 2.53 bits per heavy atom. The normalized spacial score (nSPS) is 38.1. The fraction of sp³-hybridized carbons (Fsp3) is 0.600. The monoisotopic (exact) mass is 212 g/mol. The minimum Gasteiger partial charge on any atom is -0.462 e. The van der Waals surface area contributed by atoms with E-state index in [1.54, 1.807) is 6.92 Å². The number of esters is 1. The first kappa shape index (κ1) is 10.3. The van der Waals surface area contributed by atoms with Crippen LogP contribution in [0.3, 0.4) is 0 Å². The van der Waals surface area contributed by atoms with E-state index in [1.165, 1.54) is 0 Å². The van der Waals surface area contributed by atoms with Crippen molar-refractivity contribution in [3.8, 4) is 0 Å². The highest BCUT2D eigenvalue weighted by Gasteiger charge is 2.58.